The Bertz CT molecular complexity index is 825. The molecule has 1 amide bonds. The van der Waals surface area contributed by atoms with E-state index >= 15 is 0 Å². The van der Waals surface area contributed by atoms with Crippen LogP contribution in [0.4, 0.5) is 5.69 Å². The van der Waals surface area contributed by atoms with Crippen molar-refractivity contribution in [3.63, 3.8) is 0 Å². The largest absolute Gasteiger partial charge is 0.336 e. The van der Waals surface area contributed by atoms with Crippen LogP contribution in [0.2, 0.25) is 0 Å². The third kappa shape index (κ3) is 5.75. The van der Waals surface area contributed by atoms with Crippen molar-refractivity contribution in [2.24, 2.45) is 0 Å². The number of carbonyl (C=O) groups is 1. The Labute approximate surface area is 162 Å². The van der Waals surface area contributed by atoms with E-state index in [1.54, 1.807) is 0 Å². The molecule has 26 heavy (non-hydrogen) atoms. The summed E-state index contributed by atoms with van der Waals surface area (Å²) >= 11 is 3.77. The number of hydrogen-bond donors (Lipinski definition) is 1. The monoisotopic (exact) mass is 385 g/mol. The van der Waals surface area contributed by atoms with Crippen LogP contribution in [0.5, 0.6) is 0 Å². The van der Waals surface area contributed by atoms with Gasteiger partial charge in [-0.2, -0.15) is 0 Å². The maximum absolute atomic E-state index is 11.2. The Balaban J connectivity index is 1.65. The van der Waals surface area contributed by atoms with Gasteiger partial charge < -0.3 is 9.88 Å². The summed E-state index contributed by atoms with van der Waals surface area (Å²) in [6, 6.07) is 12.5. The number of anilines is 1. The van der Waals surface area contributed by atoms with Gasteiger partial charge in [0, 0.05) is 51.4 Å². The molecule has 0 bridgehead atoms. The zero-order chi connectivity index (χ0) is 18.4. The molecule has 2 heterocycles. The summed E-state index contributed by atoms with van der Waals surface area (Å²) in [4.78, 5) is 19.3. The normalized spacial score (nSPS) is 12.1. The van der Waals surface area contributed by atoms with Crippen LogP contribution in [0.3, 0.4) is 0 Å². The predicted molar refractivity (Wildman–Crippen MR) is 110 cm³/mol. The number of thiophene rings is 1. The number of hydrogen-bond acceptors (Lipinski definition) is 4. The molecule has 0 fully saturated rings. The lowest BCUT2D eigenvalue weighted by molar-refractivity contribution is -0.114. The van der Waals surface area contributed by atoms with E-state index in [0.717, 1.165) is 25.1 Å². The minimum Gasteiger partial charge on any atom is -0.336 e. The highest BCUT2D eigenvalue weighted by molar-refractivity contribution is 8.00. The van der Waals surface area contributed by atoms with Crippen molar-refractivity contribution in [1.82, 2.24) is 9.55 Å². The van der Waals surface area contributed by atoms with Crippen LogP contribution in [0, 0.1) is 6.92 Å². The molecule has 1 N–H and O–H groups in total. The maximum Gasteiger partial charge on any atom is 0.221 e. The highest BCUT2D eigenvalue weighted by Crippen LogP contribution is 2.29. The zero-order valence-electron chi connectivity index (χ0n) is 15.0. The van der Waals surface area contributed by atoms with Gasteiger partial charge in [0.2, 0.25) is 5.91 Å². The van der Waals surface area contributed by atoms with Crippen molar-refractivity contribution < 1.29 is 4.79 Å². The first-order chi connectivity index (χ1) is 12.6. The van der Waals surface area contributed by atoms with E-state index in [0.29, 0.717) is 5.25 Å². The maximum atomic E-state index is 11.2. The fourth-order valence-electron chi connectivity index (χ4n) is 2.75. The number of amides is 1. The summed E-state index contributed by atoms with van der Waals surface area (Å²) in [7, 11) is 0. The van der Waals surface area contributed by atoms with Gasteiger partial charge in [-0.05, 0) is 56.2 Å². The van der Waals surface area contributed by atoms with Crippen LogP contribution in [0.25, 0.3) is 0 Å². The smallest absolute Gasteiger partial charge is 0.221 e. The van der Waals surface area contributed by atoms with Crippen LogP contribution in [0.15, 0.2) is 60.0 Å². The Kier molecular flexibility index (Phi) is 6.52. The summed E-state index contributed by atoms with van der Waals surface area (Å²) in [5.74, 6) is -0.0466. The second-order valence-corrected chi connectivity index (χ2v) is 9.00. The second-order valence-electron chi connectivity index (χ2n) is 6.26. The molecule has 1 atom stereocenters. The lowest BCUT2D eigenvalue weighted by Crippen LogP contribution is -2.13. The summed E-state index contributed by atoms with van der Waals surface area (Å²) < 4.78 is 2.14. The molecular weight excluding hydrogens is 362 g/mol. The van der Waals surface area contributed by atoms with E-state index in [1.807, 2.05) is 54.0 Å². The van der Waals surface area contributed by atoms with Gasteiger partial charge in [0.25, 0.3) is 0 Å². The quantitative estimate of drug-likeness (QED) is 0.555. The number of aryl methyl sites for hydroxylation is 2. The molecule has 3 rings (SSSR count). The molecular formula is C20H23N3OS2. The zero-order valence-corrected chi connectivity index (χ0v) is 16.6. The van der Waals surface area contributed by atoms with Crippen LogP contribution < -0.4 is 5.32 Å². The van der Waals surface area contributed by atoms with Crippen molar-refractivity contribution in [3.05, 3.63) is 64.9 Å². The number of nitrogens with zero attached hydrogens (tertiary/aromatic N) is 2. The Morgan fingerprint density at radius 3 is 2.69 bits per heavy atom. The number of imidazole rings is 1. The number of carbonyl (C=O) groups excluding carboxylic acids is 1. The Morgan fingerprint density at radius 1 is 1.27 bits per heavy atom. The predicted octanol–water partition coefficient (Wildman–Crippen LogP) is 5.01. The number of benzene rings is 1. The topological polar surface area (TPSA) is 46.9 Å². The molecule has 0 saturated carbocycles. The average molecular weight is 386 g/mol. The third-order valence-corrected chi connectivity index (χ3v) is 6.28. The molecule has 2 aromatic heterocycles. The van der Waals surface area contributed by atoms with Crippen molar-refractivity contribution in [3.8, 4) is 0 Å². The van der Waals surface area contributed by atoms with Gasteiger partial charge in [0.1, 0.15) is 0 Å². The van der Waals surface area contributed by atoms with Gasteiger partial charge in [-0.25, -0.2) is 4.98 Å². The number of thioether (sulfide) groups is 1. The number of nitrogens with one attached hydrogen (secondary N) is 1. The molecule has 1 unspecified atom stereocenters. The number of rotatable bonds is 8. The minimum absolute atomic E-state index is 0.0466. The van der Waals surface area contributed by atoms with E-state index in [4.69, 9.17) is 0 Å². The standard InChI is InChI=1S/C20H23N3OS2/c1-15-3-6-18(25-15)9-10-20(13-23-12-11-21-14-23)26-19-7-4-17(5-8-19)22-16(2)24/h3-8,11-12,14,20H,9-10,13H2,1-2H3,(H,22,24). The van der Waals surface area contributed by atoms with E-state index in [1.165, 1.54) is 21.6 Å². The average Bonchev–Trinajstić information content (AvgIpc) is 3.25. The lowest BCUT2D eigenvalue weighted by Gasteiger charge is -2.17. The van der Waals surface area contributed by atoms with E-state index < -0.39 is 0 Å². The van der Waals surface area contributed by atoms with Crippen LogP contribution in [-0.4, -0.2) is 20.7 Å². The van der Waals surface area contributed by atoms with Gasteiger partial charge in [-0.15, -0.1) is 23.1 Å². The fraction of sp³-hybridized carbons (Fsp3) is 0.300. The van der Waals surface area contributed by atoms with Crippen molar-refractivity contribution in [2.45, 2.75) is 43.4 Å². The summed E-state index contributed by atoms with van der Waals surface area (Å²) in [5, 5.41) is 3.27. The first-order valence-corrected chi connectivity index (χ1v) is 10.3. The van der Waals surface area contributed by atoms with Gasteiger partial charge in [-0.3, -0.25) is 4.79 Å². The first kappa shape index (κ1) is 18.7. The summed E-state index contributed by atoms with van der Waals surface area (Å²) in [6.45, 7) is 4.61. The van der Waals surface area contributed by atoms with Gasteiger partial charge in [0.15, 0.2) is 0 Å². The molecule has 0 aliphatic heterocycles. The summed E-state index contributed by atoms with van der Waals surface area (Å²) in [6.07, 6.45) is 7.92. The Hall–Kier alpha value is -2.05. The van der Waals surface area contributed by atoms with E-state index in [-0.39, 0.29) is 5.91 Å². The molecule has 0 spiro atoms. The molecule has 3 aromatic rings. The summed E-state index contributed by atoms with van der Waals surface area (Å²) in [5.41, 5.74) is 0.835. The molecule has 0 radical (unpaired) electrons. The van der Waals surface area contributed by atoms with Crippen molar-refractivity contribution in [1.29, 1.82) is 0 Å². The fourth-order valence-corrected chi connectivity index (χ4v) is 4.82. The molecule has 4 nitrogen and oxygen atoms in total. The second kappa shape index (κ2) is 9.05. The molecule has 6 heteroatoms. The first-order valence-electron chi connectivity index (χ1n) is 8.64. The van der Waals surface area contributed by atoms with Gasteiger partial charge in [-0.1, -0.05) is 0 Å². The van der Waals surface area contributed by atoms with E-state index in [2.05, 4.69) is 46.1 Å². The third-order valence-electron chi connectivity index (χ3n) is 3.96. The van der Waals surface area contributed by atoms with Crippen molar-refractivity contribution >= 4 is 34.7 Å². The molecule has 136 valence electrons. The number of aromatic nitrogens is 2. The Morgan fingerprint density at radius 2 is 2.08 bits per heavy atom. The van der Waals surface area contributed by atoms with Crippen molar-refractivity contribution in [2.75, 3.05) is 5.32 Å². The van der Waals surface area contributed by atoms with Crippen LogP contribution in [-0.2, 0) is 17.8 Å². The minimum atomic E-state index is -0.0466. The molecule has 0 aliphatic rings. The van der Waals surface area contributed by atoms with Gasteiger partial charge >= 0.3 is 0 Å². The molecule has 0 aliphatic carbocycles. The van der Waals surface area contributed by atoms with Crippen LogP contribution in [0.1, 0.15) is 23.1 Å². The molecule has 0 saturated heterocycles. The highest BCUT2D eigenvalue weighted by atomic mass is 32.2. The van der Waals surface area contributed by atoms with Crippen LogP contribution >= 0.6 is 23.1 Å². The molecule has 1 aromatic carbocycles. The highest BCUT2D eigenvalue weighted by Gasteiger charge is 2.13. The lowest BCUT2D eigenvalue weighted by atomic mass is 10.2. The van der Waals surface area contributed by atoms with E-state index in [9.17, 15) is 4.79 Å². The SMILES string of the molecule is CC(=O)Nc1ccc(SC(CCc2ccc(C)s2)Cn2ccnc2)cc1. The van der Waals surface area contributed by atoms with Gasteiger partial charge in [0.05, 0.1) is 6.33 Å².